The Balaban J connectivity index is 4.36. The Bertz CT molecular complexity index is 1330. The minimum Gasteiger partial charge on any atom is -0.462 e. The Morgan fingerprint density at radius 2 is 0.686 bits per heavy atom. The van der Waals surface area contributed by atoms with E-state index in [0.29, 0.717) is 13.0 Å². The highest BCUT2D eigenvalue weighted by atomic mass is 16.6. The number of esters is 2. The number of allylic oxidation sites excluding steroid dienone is 15. The number of hydrogen-bond acceptors (Lipinski definition) is 5. The standard InChI is InChI=1S/C65H112O5/c1-4-7-10-13-16-19-22-25-28-30-32-34-36-39-42-45-48-51-54-57-60-68-61-63(70-65(67)59-56-53-50-47-44-41-37-27-24-21-18-15-12-9-6-3)62-69-64(66)58-55-52-49-46-43-40-38-35-33-31-29-26-23-20-17-14-11-8-5-2/h9,12,17-18,20-21,26-27,29,33,35,37,44,47,53,56,63H,4-8,10-11,13-16,19,22-25,28,30-32,34,36,38-43,45-46,48-52,54-55,57-62H2,1-3H3/b12-9-,20-17-,21-18-,29-26-,35-33-,37-27-,47-44-,56-53-. The number of carbonyl (C=O) groups excluding carboxylic acids is 2. The normalized spacial score (nSPS) is 12.9. The topological polar surface area (TPSA) is 61.8 Å². The zero-order valence-electron chi connectivity index (χ0n) is 46.3. The zero-order chi connectivity index (χ0) is 50.6. The molecule has 0 heterocycles. The molecule has 1 atom stereocenters. The lowest BCUT2D eigenvalue weighted by atomic mass is 10.0. The number of hydrogen-bond donors (Lipinski definition) is 0. The van der Waals surface area contributed by atoms with Crippen LogP contribution in [-0.4, -0.2) is 37.9 Å². The Morgan fingerprint density at radius 3 is 1.13 bits per heavy atom. The summed E-state index contributed by atoms with van der Waals surface area (Å²) >= 11 is 0. The summed E-state index contributed by atoms with van der Waals surface area (Å²) in [6, 6.07) is 0. The lowest BCUT2D eigenvalue weighted by Crippen LogP contribution is -2.29. The van der Waals surface area contributed by atoms with E-state index in [2.05, 4.69) is 106 Å². The maximum absolute atomic E-state index is 12.8. The Morgan fingerprint density at radius 1 is 0.343 bits per heavy atom. The van der Waals surface area contributed by atoms with Crippen LogP contribution in [0.3, 0.4) is 0 Å². The second-order valence-electron chi connectivity index (χ2n) is 19.5. The van der Waals surface area contributed by atoms with Gasteiger partial charge in [0.2, 0.25) is 0 Å². The SMILES string of the molecule is CC/C=C\C/C=C\C/C=C\C/C=C\C/C=C\CC(=O)OC(COCCCCCCCCCCCCCCCCCCCCCC)COC(=O)CCCCCCCC/C=C\C/C=C\C/C=C\CCCCC. The first-order chi connectivity index (χ1) is 34.6. The van der Waals surface area contributed by atoms with Crippen molar-refractivity contribution < 1.29 is 23.8 Å². The van der Waals surface area contributed by atoms with Crippen molar-refractivity contribution in [2.75, 3.05) is 19.8 Å². The maximum Gasteiger partial charge on any atom is 0.310 e. The van der Waals surface area contributed by atoms with Gasteiger partial charge in [-0.2, -0.15) is 0 Å². The lowest BCUT2D eigenvalue weighted by Gasteiger charge is -2.18. The third-order valence-electron chi connectivity index (χ3n) is 12.6. The van der Waals surface area contributed by atoms with E-state index >= 15 is 0 Å². The third kappa shape index (κ3) is 57.4. The van der Waals surface area contributed by atoms with Gasteiger partial charge in [0.15, 0.2) is 6.10 Å². The van der Waals surface area contributed by atoms with Gasteiger partial charge in [-0.05, 0) is 83.5 Å². The van der Waals surface area contributed by atoms with Gasteiger partial charge in [-0.3, -0.25) is 9.59 Å². The van der Waals surface area contributed by atoms with E-state index in [1.165, 1.54) is 161 Å². The summed E-state index contributed by atoms with van der Waals surface area (Å²) < 4.78 is 17.4. The van der Waals surface area contributed by atoms with Crippen molar-refractivity contribution in [1.29, 1.82) is 0 Å². The molecular formula is C65H112O5. The molecule has 0 amide bonds. The van der Waals surface area contributed by atoms with Crippen molar-refractivity contribution in [1.82, 2.24) is 0 Å². The average molecular weight is 974 g/mol. The molecular weight excluding hydrogens is 861 g/mol. The summed E-state index contributed by atoms with van der Waals surface area (Å²) in [5, 5.41) is 0. The summed E-state index contributed by atoms with van der Waals surface area (Å²) in [5.41, 5.74) is 0. The van der Waals surface area contributed by atoms with Gasteiger partial charge in [-0.25, -0.2) is 0 Å². The van der Waals surface area contributed by atoms with Crippen molar-refractivity contribution in [3.05, 3.63) is 97.2 Å². The molecule has 0 fully saturated rings. The molecule has 0 saturated carbocycles. The predicted octanol–water partition coefficient (Wildman–Crippen LogP) is 20.6. The lowest BCUT2D eigenvalue weighted by molar-refractivity contribution is -0.162. The molecule has 0 aromatic carbocycles. The van der Waals surface area contributed by atoms with Crippen LogP contribution in [0.15, 0.2) is 97.2 Å². The molecule has 0 spiro atoms. The van der Waals surface area contributed by atoms with Gasteiger partial charge in [-0.15, -0.1) is 0 Å². The fourth-order valence-corrected chi connectivity index (χ4v) is 8.24. The molecule has 0 aromatic heterocycles. The second-order valence-corrected chi connectivity index (χ2v) is 19.5. The van der Waals surface area contributed by atoms with Gasteiger partial charge >= 0.3 is 11.9 Å². The molecule has 0 radical (unpaired) electrons. The van der Waals surface area contributed by atoms with Crippen molar-refractivity contribution in [2.45, 2.75) is 284 Å². The molecule has 0 saturated heterocycles. The number of rotatable bonds is 54. The van der Waals surface area contributed by atoms with Gasteiger partial charge in [0.25, 0.3) is 0 Å². The van der Waals surface area contributed by atoms with Crippen molar-refractivity contribution >= 4 is 11.9 Å². The predicted molar refractivity (Wildman–Crippen MR) is 306 cm³/mol. The van der Waals surface area contributed by atoms with E-state index in [1.54, 1.807) is 0 Å². The quantitative estimate of drug-likeness (QED) is 0.0345. The highest BCUT2D eigenvalue weighted by Crippen LogP contribution is 2.16. The van der Waals surface area contributed by atoms with E-state index in [1.807, 2.05) is 12.2 Å². The Labute approximate surface area is 434 Å². The molecule has 0 aromatic rings. The van der Waals surface area contributed by atoms with Gasteiger partial charge < -0.3 is 14.2 Å². The van der Waals surface area contributed by atoms with Gasteiger partial charge in [-0.1, -0.05) is 279 Å². The molecule has 5 nitrogen and oxygen atoms in total. The van der Waals surface area contributed by atoms with Crippen LogP contribution in [0.2, 0.25) is 0 Å². The van der Waals surface area contributed by atoms with E-state index in [-0.39, 0.29) is 31.6 Å². The largest absolute Gasteiger partial charge is 0.462 e. The second kappa shape index (κ2) is 60.1. The first-order valence-corrected chi connectivity index (χ1v) is 29.8. The number of carbonyl (C=O) groups is 2. The Kier molecular flexibility index (Phi) is 57.4. The van der Waals surface area contributed by atoms with Gasteiger partial charge in [0.1, 0.15) is 6.61 Å². The smallest absolute Gasteiger partial charge is 0.310 e. The summed E-state index contributed by atoms with van der Waals surface area (Å²) in [4.78, 5) is 25.5. The van der Waals surface area contributed by atoms with Crippen LogP contribution >= 0.6 is 0 Å². The number of ether oxygens (including phenoxy) is 3. The molecule has 0 N–H and O–H groups in total. The molecule has 0 rings (SSSR count). The van der Waals surface area contributed by atoms with Crippen LogP contribution < -0.4 is 0 Å². The van der Waals surface area contributed by atoms with Crippen molar-refractivity contribution in [3.8, 4) is 0 Å². The van der Waals surface area contributed by atoms with Crippen LogP contribution in [0, 0.1) is 0 Å². The summed E-state index contributed by atoms with van der Waals surface area (Å²) in [5.74, 6) is -0.552. The third-order valence-corrected chi connectivity index (χ3v) is 12.6. The van der Waals surface area contributed by atoms with Crippen LogP contribution in [-0.2, 0) is 23.8 Å². The van der Waals surface area contributed by atoms with E-state index in [9.17, 15) is 9.59 Å². The molecule has 1 unspecified atom stereocenters. The van der Waals surface area contributed by atoms with Crippen LogP contribution in [0.25, 0.3) is 0 Å². The fourth-order valence-electron chi connectivity index (χ4n) is 8.24. The fraction of sp³-hybridized carbons (Fsp3) is 0.723. The molecule has 5 heteroatoms. The molecule has 0 aliphatic carbocycles. The van der Waals surface area contributed by atoms with Crippen LogP contribution in [0.5, 0.6) is 0 Å². The van der Waals surface area contributed by atoms with E-state index in [4.69, 9.17) is 14.2 Å². The highest BCUT2D eigenvalue weighted by molar-refractivity contribution is 5.71. The van der Waals surface area contributed by atoms with Gasteiger partial charge in [0, 0.05) is 13.0 Å². The average Bonchev–Trinajstić information content (AvgIpc) is 3.36. The van der Waals surface area contributed by atoms with Gasteiger partial charge in [0.05, 0.1) is 13.0 Å². The summed E-state index contributed by atoms with van der Waals surface area (Å²) in [7, 11) is 0. The van der Waals surface area contributed by atoms with Crippen molar-refractivity contribution in [2.24, 2.45) is 0 Å². The number of unbranched alkanes of at least 4 members (excludes halogenated alkanes) is 28. The first kappa shape index (κ1) is 66.8. The molecule has 0 aliphatic rings. The summed E-state index contributed by atoms with van der Waals surface area (Å²) in [6.45, 7) is 7.60. The van der Waals surface area contributed by atoms with Crippen LogP contribution in [0.4, 0.5) is 0 Å². The monoisotopic (exact) mass is 973 g/mol. The van der Waals surface area contributed by atoms with Crippen molar-refractivity contribution in [3.63, 3.8) is 0 Å². The van der Waals surface area contributed by atoms with Crippen LogP contribution in [0.1, 0.15) is 278 Å². The minimum atomic E-state index is -0.600. The molecule has 70 heavy (non-hydrogen) atoms. The maximum atomic E-state index is 12.8. The molecule has 402 valence electrons. The molecule has 0 aliphatic heterocycles. The first-order valence-electron chi connectivity index (χ1n) is 29.8. The Hall–Kier alpha value is -3.18. The highest BCUT2D eigenvalue weighted by Gasteiger charge is 2.17. The summed E-state index contributed by atoms with van der Waals surface area (Å²) in [6.07, 6.45) is 81.8. The van der Waals surface area contributed by atoms with E-state index < -0.39 is 6.10 Å². The zero-order valence-corrected chi connectivity index (χ0v) is 46.3. The van der Waals surface area contributed by atoms with E-state index in [0.717, 1.165) is 83.5 Å². The molecule has 0 bridgehead atoms. The minimum absolute atomic E-state index is 0.0367.